The van der Waals surface area contributed by atoms with E-state index >= 15 is 0 Å². The fourth-order valence-corrected chi connectivity index (χ4v) is 9.91. The molecule has 1 aliphatic heterocycles. The van der Waals surface area contributed by atoms with Crippen LogP contribution >= 0.6 is 0 Å². The second-order valence-corrected chi connectivity index (χ2v) is 13.5. The van der Waals surface area contributed by atoms with Crippen molar-refractivity contribution in [3.8, 4) is 0 Å². The number of fused-ring (bicyclic) bond motifs is 5. The number of aldehydes is 1. The zero-order valence-corrected chi connectivity index (χ0v) is 23.7. The van der Waals surface area contributed by atoms with Gasteiger partial charge in [-0.2, -0.15) is 0 Å². The van der Waals surface area contributed by atoms with E-state index in [4.69, 9.17) is 18.6 Å². The molecule has 0 bridgehead atoms. The lowest BCUT2D eigenvalue weighted by Crippen LogP contribution is -2.63. The number of rotatable bonds is 5. The molecule has 6 rings (SSSR count). The van der Waals surface area contributed by atoms with Crippen molar-refractivity contribution in [1.82, 2.24) is 0 Å². The Balaban J connectivity index is 1.19. The smallest absolute Gasteiger partial charge is 0.335 e. The Morgan fingerprint density at radius 1 is 1.02 bits per heavy atom. The summed E-state index contributed by atoms with van der Waals surface area (Å²) in [6.45, 7) is 3.93. The summed E-state index contributed by atoms with van der Waals surface area (Å²) in [5.74, 6) is 0.398. The van der Waals surface area contributed by atoms with Crippen LogP contribution in [0.4, 0.5) is 0 Å². The fourth-order valence-electron chi connectivity index (χ4n) is 9.91. The molecule has 9 heteroatoms. The summed E-state index contributed by atoms with van der Waals surface area (Å²) >= 11 is 0. The summed E-state index contributed by atoms with van der Waals surface area (Å²) in [7, 11) is 1.46. The number of hydrogen-bond donors (Lipinski definition) is 3. The Morgan fingerprint density at radius 3 is 2.52 bits per heavy atom. The molecule has 13 atom stereocenters. The average Bonchev–Trinajstić information content (AvgIpc) is 3.23. The Morgan fingerprint density at radius 2 is 1.82 bits per heavy atom. The summed E-state index contributed by atoms with van der Waals surface area (Å²) in [6, 6.07) is 3.30. The van der Waals surface area contributed by atoms with Gasteiger partial charge in [-0.25, -0.2) is 4.79 Å². The molecule has 5 fully saturated rings. The maximum absolute atomic E-state index is 13.0. The van der Waals surface area contributed by atoms with Gasteiger partial charge in [-0.05, 0) is 100 Å². The lowest BCUT2D eigenvalue weighted by molar-refractivity contribution is -0.312. The molecule has 5 aliphatic rings. The van der Waals surface area contributed by atoms with Gasteiger partial charge in [0.25, 0.3) is 0 Å². The van der Waals surface area contributed by atoms with Crippen LogP contribution in [-0.4, -0.2) is 71.1 Å². The lowest BCUT2D eigenvalue weighted by atomic mass is 9.43. The molecule has 4 aliphatic carbocycles. The summed E-state index contributed by atoms with van der Waals surface area (Å²) in [5.41, 5.74) is -1.12. The molecule has 40 heavy (non-hydrogen) atoms. The van der Waals surface area contributed by atoms with Gasteiger partial charge in [0.1, 0.15) is 24.6 Å². The van der Waals surface area contributed by atoms with Crippen LogP contribution in [0, 0.1) is 28.6 Å². The van der Waals surface area contributed by atoms with Crippen molar-refractivity contribution in [2.24, 2.45) is 28.6 Å². The predicted octanol–water partition coefficient (Wildman–Crippen LogP) is 2.93. The van der Waals surface area contributed by atoms with E-state index in [-0.39, 0.29) is 40.8 Å². The minimum absolute atomic E-state index is 0.0409. The monoisotopic (exact) mass is 560 g/mol. The highest BCUT2D eigenvalue weighted by Gasteiger charge is 2.68. The van der Waals surface area contributed by atoms with E-state index in [0.717, 1.165) is 37.7 Å². The first-order valence-electron chi connectivity index (χ1n) is 15.1. The van der Waals surface area contributed by atoms with Crippen LogP contribution in [0.25, 0.3) is 0 Å². The highest BCUT2D eigenvalue weighted by Crippen LogP contribution is 2.70. The van der Waals surface area contributed by atoms with E-state index in [1.54, 1.807) is 13.2 Å². The van der Waals surface area contributed by atoms with E-state index in [1.165, 1.54) is 19.5 Å². The third-order valence-corrected chi connectivity index (χ3v) is 12.1. The van der Waals surface area contributed by atoms with Crippen LogP contribution in [0.15, 0.2) is 27.6 Å². The molecule has 2 heterocycles. The molecule has 0 spiro atoms. The number of carbonyl (C=O) groups excluding carboxylic acids is 1. The van der Waals surface area contributed by atoms with E-state index in [9.17, 15) is 24.9 Å². The molecule has 4 saturated carbocycles. The first-order valence-corrected chi connectivity index (χ1v) is 15.1. The first-order chi connectivity index (χ1) is 19.1. The fraction of sp³-hybridized carbons (Fsp3) is 0.806. The van der Waals surface area contributed by atoms with Gasteiger partial charge in [0.2, 0.25) is 0 Å². The van der Waals surface area contributed by atoms with Gasteiger partial charge in [-0.15, -0.1) is 0 Å². The lowest BCUT2D eigenvalue weighted by Gasteiger charge is -2.63. The van der Waals surface area contributed by atoms with E-state index in [1.807, 2.05) is 6.07 Å². The zero-order valence-electron chi connectivity index (χ0n) is 23.7. The summed E-state index contributed by atoms with van der Waals surface area (Å²) in [4.78, 5) is 24.6. The Bertz CT molecular complexity index is 1130. The summed E-state index contributed by atoms with van der Waals surface area (Å²) < 4.78 is 22.6. The van der Waals surface area contributed by atoms with Crippen LogP contribution in [0.5, 0.6) is 0 Å². The van der Waals surface area contributed by atoms with Crippen LogP contribution in [0.2, 0.25) is 0 Å². The van der Waals surface area contributed by atoms with Gasteiger partial charge in [-0.1, -0.05) is 6.92 Å². The van der Waals surface area contributed by atoms with E-state index in [2.05, 4.69) is 6.92 Å². The molecule has 0 amide bonds. The van der Waals surface area contributed by atoms with Crippen LogP contribution in [0.1, 0.15) is 83.1 Å². The second-order valence-electron chi connectivity index (χ2n) is 13.5. The molecule has 0 aromatic carbocycles. The van der Waals surface area contributed by atoms with Gasteiger partial charge in [-0.3, -0.25) is 0 Å². The molecular formula is C31H44O9. The molecule has 0 unspecified atom stereocenters. The van der Waals surface area contributed by atoms with Crippen LogP contribution in [-0.2, 0) is 19.0 Å². The number of methoxy groups -OCH3 is 1. The van der Waals surface area contributed by atoms with Crippen molar-refractivity contribution in [1.29, 1.82) is 0 Å². The van der Waals surface area contributed by atoms with Gasteiger partial charge in [0, 0.05) is 24.0 Å². The molecule has 222 valence electrons. The van der Waals surface area contributed by atoms with Gasteiger partial charge >= 0.3 is 5.63 Å². The first kappa shape index (κ1) is 28.5. The largest absolute Gasteiger partial charge is 0.431 e. The highest BCUT2D eigenvalue weighted by atomic mass is 16.7. The third-order valence-electron chi connectivity index (χ3n) is 12.1. The molecule has 1 aromatic heterocycles. The Hall–Kier alpha value is -1.62. The standard InChI is InChI=1S/C31H44O9/c1-17-25(34)27(37-3)26(35)28(39-17)40-20-8-12-30(16-32)19(14-20)5-6-23-22(30)9-11-29(2)21(10-13-31(23,29)36)18-4-7-24(33)38-15-18/h4,7,15-17,19-23,25-28,34-36H,5-6,8-14H2,1-3H3/t17-,19-,20+,21+,22-,23-,25+,26-,27-,28-,29-,30-,31-/m0/s1. The normalized spacial score (nSPS) is 50.5. The van der Waals surface area contributed by atoms with Gasteiger partial charge in [0.05, 0.1) is 24.1 Å². The summed E-state index contributed by atoms with van der Waals surface area (Å²) in [5, 5.41) is 33.5. The van der Waals surface area contributed by atoms with Crippen molar-refractivity contribution >= 4 is 6.29 Å². The van der Waals surface area contributed by atoms with Crippen LogP contribution < -0.4 is 5.63 Å². The van der Waals surface area contributed by atoms with Crippen molar-refractivity contribution in [3.05, 3.63) is 34.4 Å². The van der Waals surface area contributed by atoms with Crippen LogP contribution in [0.3, 0.4) is 0 Å². The topological polar surface area (TPSA) is 136 Å². The number of hydrogen-bond acceptors (Lipinski definition) is 9. The minimum Gasteiger partial charge on any atom is -0.431 e. The number of carbonyl (C=O) groups is 1. The SMILES string of the molecule is CO[C@@H]1[C@H](O)[C@H](O[C@@H]2CC[C@]3(C=O)[C@@H](CC[C@H]4[C@@H]3CC[C@@]3(C)[C@@H](c5ccc(=O)oc5)CC[C@]43O)C2)O[C@@H](C)[C@H]1O. The third kappa shape index (κ3) is 4.10. The Labute approximate surface area is 235 Å². The van der Waals surface area contributed by atoms with Crippen molar-refractivity contribution in [2.45, 2.75) is 120 Å². The average molecular weight is 561 g/mol. The van der Waals surface area contributed by atoms with E-state index in [0.29, 0.717) is 25.7 Å². The molecule has 9 nitrogen and oxygen atoms in total. The highest BCUT2D eigenvalue weighted by molar-refractivity contribution is 5.62. The summed E-state index contributed by atoms with van der Waals surface area (Å²) in [6.07, 6.45) is 5.26. The van der Waals surface area contributed by atoms with Crippen molar-refractivity contribution < 1.29 is 38.7 Å². The molecular weight excluding hydrogens is 516 g/mol. The quantitative estimate of drug-likeness (QED) is 0.367. The minimum atomic E-state index is -1.11. The van der Waals surface area contributed by atoms with E-state index < -0.39 is 41.7 Å². The zero-order chi connectivity index (χ0) is 28.4. The maximum Gasteiger partial charge on any atom is 0.335 e. The maximum atomic E-state index is 13.0. The second kappa shape index (κ2) is 10.3. The molecule has 1 aromatic rings. The van der Waals surface area contributed by atoms with Crippen molar-refractivity contribution in [2.75, 3.05) is 7.11 Å². The van der Waals surface area contributed by atoms with Crippen molar-refractivity contribution in [3.63, 3.8) is 0 Å². The predicted molar refractivity (Wildman–Crippen MR) is 143 cm³/mol. The van der Waals surface area contributed by atoms with Gasteiger partial charge in [0.15, 0.2) is 6.29 Å². The molecule has 0 radical (unpaired) electrons. The number of aliphatic hydroxyl groups excluding tert-OH is 2. The molecule has 1 saturated heterocycles. The van der Waals surface area contributed by atoms with Gasteiger partial charge < -0.3 is 38.7 Å². The Kier molecular flexibility index (Phi) is 7.32. The number of ether oxygens (including phenoxy) is 3. The molecule has 3 N–H and O–H groups in total. The number of aliphatic hydroxyl groups is 3.